The number of nitrogens with one attached hydrogen (secondary N) is 1. The fourth-order valence-corrected chi connectivity index (χ4v) is 2.96. The first-order valence-electron chi connectivity index (χ1n) is 8.77. The molecule has 1 N–H and O–H groups in total. The molecule has 1 aliphatic heterocycles. The summed E-state index contributed by atoms with van der Waals surface area (Å²) in [6.45, 7) is 2.77. The van der Waals surface area contributed by atoms with Crippen molar-refractivity contribution in [3.05, 3.63) is 35.4 Å². The third kappa shape index (κ3) is 5.13. The number of nitrogens with zero attached hydrogens (tertiary/aromatic N) is 2. The van der Waals surface area contributed by atoms with Crippen LogP contribution < -0.4 is 5.32 Å². The van der Waals surface area contributed by atoms with Crippen molar-refractivity contribution < 1.29 is 14.4 Å². The number of carbonyl (C=O) groups is 3. The minimum atomic E-state index is -0.181. The highest BCUT2D eigenvalue weighted by Crippen LogP contribution is 2.18. The molecule has 0 aliphatic carbocycles. The number of likely N-dealkylation sites (tertiary alicyclic amines) is 1. The number of aryl methyl sites for hydroxylation is 1. The quantitative estimate of drug-likeness (QED) is 0.725. The summed E-state index contributed by atoms with van der Waals surface area (Å²) in [5.41, 5.74) is 2.43. The lowest BCUT2D eigenvalue weighted by atomic mass is 10.0. The average Bonchev–Trinajstić information content (AvgIpc) is 2.91. The van der Waals surface area contributed by atoms with Crippen LogP contribution in [0.25, 0.3) is 0 Å². The van der Waals surface area contributed by atoms with E-state index in [9.17, 15) is 14.4 Å². The van der Waals surface area contributed by atoms with Gasteiger partial charge in [0.2, 0.25) is 17.7 Å². The van der Waals surface area contributed by atoms with Crippen molar-refractivity contribution in [2.45, 2.75) is 38.6 Å². The summed E-state index contributed by atoms with van der Waals surface area (Å²) in [6, 6.07) is 8.48. The second-order valence-electron chi connectivity index (χ2n) is 6.57. The van der Waals surface area contributed by atoms with Crippen LogP contribution in [0.4, 0.5) is 0 Å². The molecule has 1 unspecified atom stereocenters. The van der Waals surface area contributed by atoms with Gasteiger partial charge in [0, 0.05) is 32.4 Å². The lowest BCUT2D eigenvalue weighted by Crippen LogP contribution is -2.37. The number of hydrogen-bond donors (Lipinski definition) is 1. The Balaban J connectivity index is 1.86. The highest BCUT2D eigenvalue weighted by Gasteiger charge is 2.28. The Bertz CT molecular complexity index is 609. The van der Waals surface area contributed by atoms with Crippen LogP contribution in [0.15, 0.2) is 24.3 Å². The van der Waals surface area contributed by atoms with Crippen molar-refractivity contribution in [2.75, 3.05) is 27.2 Å². The van der Waals surface area contributed by atoms with E-state index < -0.39 is 0 Å². The van der Waals surface area contributed by atoms with E-state index in [1.807, 2.05) is 14.1 Å². The highest BCUT2D eigenvalue weighted by molar-refractivity contribution is 6.02. The molecule has 1 saturated heterocycles. The molecule has 1 aromatic rings. The SMILES string of the molecule is CCc1ccc(C(CNC(=O)CCN2C(=O)CCC2=O)N(C)C)cc1. The first kappa shape index (κ1) is 19.1. The molecule has 0 aromatic heterocycles. The zero-order valence-electron chi connectivity index (χ0n) is 15.2. The zero-order chi connectivity index (χ0) is 18.4. The second-order valence-corrected chi connectivity index (χ2v) is 6.57. The van der Waals surface area contributed by atoms with Crippen molar-refractivity contribution >= 4 is 17.7 Å². The van der Waals surface area contributed by atoms with Gasteiger partial charge in [0.1, 0.15) is 0 Å². The smallest absolute Gasteiger partial charge is 0.229 e. The molecule has 1 atom stereocenters. The van der Waals surface area contributed by atoms with Crippen LogP contribution in [0, 0.1) is 0 Å². The van der Waals surface area contributed by atoms with Gasteiger partial charge in [-0.25, -0.2) is 0 Å². The normalized spacial score (nSPS) is 15.8. The van der Waals surface area contributed by atoms with Gasteiger partial charge in [0.05, 0.1) is 6.04 Å². The van der Waals surface area contributed by atoms with Gasteiger partial charge in [-0.15, -0.1) is 0 Å². The predicted molar refractivity (Wildman–Crippen MR) is 95.8 cm³/mol. The van der Waals surface area contributed by atoms with Gasteiger partial charge >= 0.3 is 0 Å². The van der Waals surface area contributed by atoms with E-state index in [2.05, 4.69) is 41.4 Å². The first-order valence-corrected chi connectivity index (χ1v) is 8.77. The molecule has 1 aromatic carbocycles. The molecule has 3 amide bonds. The van der Waals surface area contributed by atoms with Crippen LogP contribution in [0.3, 0.4) is 0 Å². The molecule has 0 radical (unpaired) electrons. The minimum absolute atomic E-state index is 0.0740. The predicted octanol–water partition coefficient (Wildman–Crippen LogP) is 1.51. The number of rotatable bonds is 8. The fraction of sp³-hybridized carbons (Fsp3) is 0.526. The molecule has 1 fully saturated rings. The van der Waals surface area contributed by atoms with Crippen molar-refractivity contribution in [3.8, 4) is 0 Å². The van der Waals surface area contributed by atoms with E-state index in [0.717, 1.165) is 12.0 Å². The standard InChI is InChI=1S/C19H27N3O3/c1-4-14-5-7-15(8-6-14)16(21(2)3)13-20-17(23)11-12-22-18(24)9-10-19(22)25/h5-8,16H,4,9-13H2,1-3H3,(H,20,23). The van der Waals surface area contributed by atoms with Gasteiger partial charge in [0.15, 0.2) is 0 Å². The molecule has 6 heteroatoms. The van der Waals surface area contributed by atoms with Crippen LogP contribution in [0.5, 0.6) is 0 Å². The van der Waals surface area contributed by atoms with Crippen LogP contribution in [0.1, 0.15) is 43.4 Å². The highest BCUT2D eigenvalue weighted by atomic mass is 16.2. The van der Waals surface area contributed by atoms with Crippen molar-refractivity contribution in [1.82, 2.24) is 15.1 Å². The molecule has 136 valence electrons. The van der Waals surface area contributed by atoms with Gasteiger partial charge < -0.3 is 10.2 Å². The number of imide groups is 1. The third-order valence-electron chi connectivity index (χ3n) is 4.61. The molecule has 0 spiro atoms. The van der Waals surface area contributed by atoms with Crippen molar-refractivity contribution in [1.29, 1.82) is 0 Å². The van der Waals surface area contributed by atoms with E-state index in [0.29, 0.717) is 6.54 Å². The van der Waals surface area contributed by atoms with E-state index in [4.69, 9.17) is 0 Å². The van der Waals surface area contributed by atoms with Crippen LogP contribution in [-0.2, 0) is 20.8 Å². The molecule has 1 heterocycles. The average molecular weight is 345 g/mol. The van der Waals surface area contributed by atoms with Gasteiger partial charge in [-0.1, -0.05) is 31.2 Å². The Kier molecular flexibility index (Phi) is 6.70. The Morgan fingerprint density at radius 1 is 1.16 bits per heavy atom. The minimum Gasteiger partial charge on any atom is -0.354 e. The number of amides is 3. The Labute approximate surface area is 149 Å². The number of carbonyl (C=O) groups excluding carboxylic acids is 3. The molecule has 1 aliphatic rings. The molecule has 6 nitrogen and oxygen atoms in total. The fourth-order valence-electron chi connectivity index (χ4n) is 2.96. The number of hydrogen-bond acceptors (Lipinski definition) is 4. The molecular weight excluding hydrogens is 318 g/mol. The van der Waals surface area contributed by atoms with Crippen molar-refractivity contribution in [2.24, 2.45) is 0 Å². The Morgan fingerprint density at radius 2 is 1.76 bits per heavy atom. The largest absolute Gasteiger partial charge is 0.354 e. The monoisotopic (exact) mass is 345 g/mol. The maximum atomic E-state index is 12.1. The summed E-state index contributed by atoms with van der Waals surface area (Å²) < 4.78 is 0. The van der Waals surface area contributed by atoms with Crippen LogP contribution in [0.2, 0.25) is 0 Å². The van der Waals surface area contributed by atoms with E-state index >= 15 is 0 Å². The van der Waals surface area contributed by atoms with Crippen LogP contribution in [-0.4, -0.2) is 54.7 Å². The summed E-state index contributed by atoms with van der Waals surface area (Å²) in [6.07, 6.45) is 1.66. The van der Waals surface area contributed by atoms with E-state index in [1.54, 1.807) is 0 Å². The Morgan fingerprint density at radius 3 is 2.28 bits per heavy atom. The third-order valence-corrected chi connectivity index (χ3v) is 4.61. The maximum Gasteiger partial charge on any atom is 0.229 e. The summed E-state index contributed by atoms with van der Waals surface area (Å²) in [5.74, 6) is -0.510. The summed E-state index contributed by atoms with van der Waals surface area (Å²) in [4.78, 5) is 38.5. The Hall–Kier alpha value is -2.21. The topological polar surface area (TPSA) is 69.7 Å². The van der Waals surface area contributed by atoms with Gasteiger partial charge in [-0.2, -0.15) is 0 Å². The van der Waals surface area contributed by atoms with Gasteiger partial charge in [-0.3, -0.25) is 19.3 Å². The maximum absolute atomic E-state index is 12.1. The van der Waals surface area contributed by atoms with Crippen LogP contribution >= 0.6 is 0 Å². The molecular formula is C19H27N3O3. The summed E-state index contributed by atoms with van der Waals surface area (Å²) >= 11 is 0. The summed E-state index contributed by atoms with van der Waals surface area (Å²) in [7, 11) is 3.96. The molecule has 2 rings (SSSR count). The first-order chi connectivity index (χ1) is 11.9. The van der Waals surface area contributed by atoms with Gasteiger partial charge in [0.25, 0.3) is 0 Å². The molecule has 0 saturated carbocycles. The second kappa shape index (κ2) is 8.76. The number of likely N-dealkylation sites (N-methyl/N-ethyl adjacent to an activating group) is 1. The van der Waals surface area contributed by atoms with Crippen molar-refractivity contribution in [3.63, 3.8) is 0 Å². The van der Waals surface area contributed by atoms with E-state index in [-0.39, 0.29) is 49.6 Å². The van der Waals surface area contributed by atoms with Gasteiger partial charge in [-0.05, 0) is 31.6 Å². The summed E-state index contributed by atoms with van der Waals surface area (Å²) in [5, 5.41) is 2.91. The number of benzene rings is 1. The molecule has 0 bridgehead atoms. The van der Waals surface area contributed by atoms with E-state index in [1.165, 1.54) is 10.5 Å². The lowest BCUT2D eigenvalue weighted by Gasteiger charge is -2.25. The zero-order valence-corrected chi connectivity index (χ0v) is 15.2. The molecule has 25 heavy (non-hydrogen) atoms. The lowest BCUT2D eigenvalue weighted by molar-refractivity contribution is -0.138.